The summed E-state index contributed by atoms with van der Waals surface area (Å²) in [5.41, 5.74) is 1.89. The van der Waals surface area contributed by atoms with Crippen molar-refractivity contribution in [3.63, 3.8) is 0 Å². The number of amides is 1. The van der Waals surface area contributed by atoms with Gasteiger partial charge in [-0.15, -0.1) is 11.3 Å². The lowest BCUT2D eigenvalue weighted by Crippen LogP contribution is -2.14. The quantitative estimate of drug-likeness (QED) is 0.410. The van der Waals surface area contributed by atoms with Crippen LogP contribution in [-0.4, -0.2) is 21.6 Å². The Kier molecular flexibility index (Phi) is 5.60. The Morgan fingerprint density at radius 1 is 1.37 bits per heavy atom. The van der Waals surface area contributed by atoms with Gasteiger partial charge in [-0.1, -0.05) is 41.9 Å². The van der Waals surface area contributed by atoms with Crippen molar-refractivity contribution >= 4 is 68.1 Å². The average Bonchev–Trinajstić information content (AvgIpc) is 3.01. The largest absolute Gasteiger partial charge is 0.324 e. The highest BCUT2D eigenvalue weighted by molar-refractivity contribution is 8.00. The first kappa shape index (κ1) is 19.0. The number of hydrogen-bond acceptors (Lipinski definition) is 5. The third kappa shape index (κ3) is 4.09. The lowest BCUT2D eigenvalue weighted by atomic mass is 9.89. The number of carbonyl (C=O) groups is 1. The molecule has 2 aromatic heterocycles. The summed E-state index contributed by atoms with van der Waals surface area (Å²) in [7, 11) is 0. The summed E-state index contributed by atoms with van der Waals surface area (Å²) in [5, 5.41) is 5.80. The zero-order valence-electron chi connectivity index (χ0n) is 14.6. The number of hydrogen-bond donors (Lipinski definition) is 1. The number of aryl methyl sites for hydroxylation is 1. The number of nitrogens with one attached hydrogen (secondary N) is 1. The second-order valence-electron chi connectivity index (χ2n) is 6.67. The van der Waals surface area contributed by atoms with E-state index < -0.39 is 0 Å². The van der Waals surface area contributed by atoms with E-state index in [1.165, 1.54) is 28.6 Å². The Bertz CT molecular complexity index is 1020. The van der Waals surface area contributed by atoms with Gasteiger partial charge in [-0.05, 0) is 48.9 Å². The first-order valence-electron chi connectivity index (χ1n) is 8.64. The number of rotatable bonds is 4. The molecule has 1 amide bonds. The van der Waals surface area contributed by atoms with Gasteiger partial charge in [0.05, 0.1) is 16.5 Å². The number of thioether (sulfide) groups is 1. The summed E-state index contributed by atoms with van der Waals surface area (Å²) in [6, 6.07) is 5.00. The third-order valence-corrected chi connectivity index (χ3v) is 7.32. The number of anilines is 1. The van der Waals surface area contributed by atoms with Crippen LogP contribution in [0.1, 0.15) is 23.8 Å². The van der Waals surface area contributed by atoms with E-state index in [9.17, 15) is 4.79 Å². The summed E-state index contributed by atoms with van der Waals surface area (Å²) in [6.45, 7) is 2.29. The van der Waals surface area contributed by atoms with Crippen molar-refractivity contribution < 1.29 is 4.79 Å². The van der Waals surface area contributed by atoms with Crippen LogP contribution in [0.4, 0.5) is 5.69 Å². The van der Waals surface area contributed by atoms with E-state index in [0.717, 1.165) is 28.1 Å². The van der Waals surface area contributed by atoms with E-state index >= 15 is 0 Å². The molecule has 27 heavy (non-hydrogen) atoms. The zero-order valence-corrected chi connectivity index (χ0v) is 17.7. The Morgan fingerprint density at radius 2 is 2.22 bits per heavy atom. The second kappa shape index (κ2) is 7.95. The van der Waals surface area contributed by atoms with E-state index in [1.54, 1.807) is 35.9 Å². The maximum absolute atomic E-state index is 12.4. The van der Waals surface area contributed by atoms with Gasteiger partial charge in [-0.25, -0.2) is 9.97 Å². The number of aromatic nitrogens is 2. The predicted octanol–water partition coefficient (Wildman–Crippen LogP) is 5.85. The van der Waals surface area contributed by atoms with Crippen LogP contribution in [0.25, 0.3) is 10.2 Å². The van der Waals surface area contributed by atoms with Crippen molar-refractivity contribution in [2.24, 2.45) is 5.92 Å². The van der Waals surface area contributed by atoms with Crippen molar-refractivity contribution in [2.75, 3.05) is 11.1 Å². The number of benzene rings is 1. The van der Waals surface area contributed by atoms with Crippen LogP contribution in [0.15, 0.2) is 29.6 Å². The highest BCUT2D eigenvalue weighted by Crippen LogP contribution is 2.40. The van der Waals surface area contributed by atoms with E-state index in [0.29, 0.717) is 21.7 Å². The summed E-state index contributed by atoms with van der Waals surface area (Å²) in [4.78, 5) is 23.7. The molecule has 1 atom stereocenters. The SMILES string of the molecule is C[C@@H]1CCc2c(sc3ncnc(SCC(=O)Nc4cc(Cl)ccc4Cl)c23)C1. The molecule has 0 spiro atoms. The molecule has 2 heterocycles. The van der Waals surface area contributed by atoms with E-state index in [1.807, 2.05) is 0 Å². The normalized spacial score (nSPS) is 16.3. The molecule has 0 saturated carbocycles. The van der Waals surface area contributed by atoms with Crippen LogP contribution < -0.4 is 5.32 Å². The lowest BCUT2D eigenvalue weighted by Gasteiger charge is -2.18. The zero-order chi connectivity index (χ0) is 19.0. The molecular weight excluding hydrogens is 421 g/mol. The Morgan fingerprint density at radius 3 is 3.07 bits per heavy atom. The molecule has 0 unspecified atom stereocenters. The van der Waals surface area contributed by atoms with Gasteiger partial charge in [0.1, 0.15) is 16.2 Å². The minimum atomic E-state index is -0.145. The molecule has 4 rings (SSSR count). The highest BCUT2D eigenvalue weighted by atomic mass is 35.5. The van der Waals surface area contributed by atoms with Crippen molar-refractivity contribution in [1.29, 1.82) is 0 Å². The van der Waals surface area contributed by atoms with Gasteiger partial charge in [0, 0.05) is 15.3 Å². The maximum atomic E-state index is 12.4. The molecule has 140 valence electrons. The van der Waals surface area contributed by atoms with E-state index in [2.05, 4.69) is 22.2 Å². The molecule has 8 heteroatoms. The summed E-state index contributed by atoms with van der Waals surface area (Å²) < 4.78 is 0. The lowest BCUT2D eigenvalue weighted by molar-refractivity contribution is -0.113. The van der Waals surface area contributed by atoms with Crippen LogP contribution in [0.5, 0.6) is 0 Å². The Labute approximate surface area is 175 Å². The molecule has 4 nitrogen and oxygen atoms in total. The van der Waals surface area contributed by atoms with Crippen molar-refractivity contribution in [3.8, 4) is 0 Å². The molecule has 1 aromatic carbocycles. The second-order valence-corrected chi connectivity index (χ2v) is 9.56. The molecule has 1 aliphatic carbocycles. The predicted molar refractivity (Wildman–Crippen MR) is 114 cm³/mol. The number of nitrogens with zero attached hydrogens (tertiary/aromatic N) is 2. The molecule has 0 bridgehead atoms. The molecule has 0 aliphatic heterocycles. The van der Waals surface area contributed by atoms with Crippen LogP contribution in [0, 0.1) is 5.92 Å². The molecule has 1 N–H and O–H groups in total. The molecule has 0 fully saturated rings. The maximum Gasteiger partial charge on any atom is 0.234 e. The van der Waals surface area contributed by atoms with Crippen LogP contribution in [0.2, 0.25) is 10.0 Å². The van der Waals surface area contributed by atoms with Gasteiger partial charge >= 0.3 is 0 Å². The number of carbonyl (C=O) groups excluding carboxylic acids is 1. The first-order valence-corrected chi connectivity index (χ1v) is 11.2. The molecule has 1 aliphatic rings. The fraction of sp³-hybridized carbons (Fsp3) is 0.316. The monoisotopic (exact) mass is 437 g/mol. The van der Waals surface area contributed by atoms with Gasteiger partial charge in [-0.3, -0.25) is 4.79 Å². The number of fused-ring (bicyclic) bond motifs is 3. The standard InChI is InChI=1S/C19H17Cl2N3OS2/c1-10-2-4-12-15(6-10)27-19-17(12)18(22-9-23-19)26-8-16(25)24-14-7-11(20)3-5-13(14)21/h3,5,7,9-10H,2,4,6,8H2,1H3,(H,24,25)/t10-/m1/s1. The summed E-state index contributed by atoms with van der Waals surface area (Å²) in [6.07, 6.45) is 4.93. The van der Waals surface area contributed by atoms with E-state index in [4.69, 9.17) is 23.2 Å². The molecule has 0 saturated heterocycles. The van der Waals surface area contributed by atoms with Gasteiger partial charge < -0.3 is 5.32 Å². The summed E-state index contributed by atoms with van der Waals surface area (Å²) in [5.74, 6) is 0.812. The summed E-state index contributed by atoms with van der Waals surface area (Å²) >= 11 is 15.3. The number of thiophene rings is 1. The van der Waals surface area contributed by atoms with Crippen LogP contribution in [-0.2, 0) is 17.6 Å². The first-order chi connectivity index (χ1) is 13.0. The average molecular weight is 438 g/mol. The topological polar surface area (TPSA) is 54.9 Å². The van der Waals surface area contributed by atoms with Crippen molar-refractivity contribution in [3.05, 3.63) is 45.0 Å². The molecule has 3 aromatic rings. The minimum absolute atomic E-state index is 0.145. The highest BCUT2D eigenvalue weighted by Gasteiger charge is 2.23. The van der Waals surface area contributed by atoms with Gasteiger partial charge in [0.2, 0.25) is 5.91 Å². The Hall–Kier alpha value is -1.34. The molecule has 0 radical (unpaired) electrons. The smallest absolute Gasteiger partial charge is 0.234 e. The molecular formula is C19H17Cl2N3OS2. The van der Waals surface area contributed by atoms with Crippen molar-refractivity contribution in [1.82, 2.24) is 9.97 Å². The third-order valence-electron chi connectivity index (χ3n) is 4.60. The van der Waals surface area contributed by atoms with Crippen LogP contribution >= 0.6 is 46.3 Å². The fourth-order valence-corrected chi connectivity index (χ4v) is 5.85. The Balaban J connectivity index is 1.52. The minimum Gasteiger partial charge on any atom is -0.324 e. The van der Waals surface area contributed by atoms with Crippen LogP contribution in [0.3, 0.4) is 0 Å². The van der Waals surface area contributed by atoms with Crippen molar-refractivity contribution in [2.45, 2.75) is 31.2 Å². The van der Waals surface area contributed by atoms with Gasteiger partial charge in [0.25, 0.3) is 0 Å². The van der Waals surface area contributed by atoms with Gasteiger partial charge in [0.15, 0.2) is 0 Å². The fourth-order valence-electron chi connectivity index (χ4n) is 3.27. The number of halogens is 2. The van der Waals surface area contributed by atoms with Gasteiger partial charge in [-0.2, -0.15) is 0 Å². The van der Waals surface area contributed by atoms with E-state index in [-0.39, 0.29) is 11.7 Å².